The fraction of sp³-hybridized carbons (Fsp3) is 0.188. The Balaban J connectivity index is 0.000000175. The Kier molecular flexibility index (Phi) is 9.19. The number of aryl methyl sites for hydroxylation is 2. The lowest BCUT2D eigenvalue weighted by Gasteiger charge is -2.11. The van der Waals surface area contributed by atoms with Crippen LogP contribution < -0.4 is 11.1 Å². The molecule has 12 heteroatoms. The number of hydrogen-bond donors (Lipinski definition) is 2. The number of nitrogens with zero attached hydrogens (tertiary/aromatic N) is 6. The average Bonchev–Trinajstić information content (AvgIpc) is 3.01. The van der Waals surface area contributed by atoms with Gasteiger partial charge in [-0.25, -0.2) is 24.3 Å². The maximum absolute atomic E-state index is 13.3. The summed E-state index contributed by atoms with van der Waals surface area (Å²) in [5.74, 6) is -0.362. The van der Waals surface area contributed by atoms with E-state index in [0.717, 1.165) is 11.1 Å². The Morgan fingerprint density at radius 3 is 1.66 bits per heavy atom. The van der Waals surface area contributed by atoms with Crippen molar-refractivity contribution < 1.29 is 14.6 Å². The monoisotopic (exact) mass is 614 g/mol. The summed E-state index contributed by atoms with van der Waals surface area (Å²) in [6, 6.07) is 16.5. The summed E-state index contributed by atoms with van der Waals surface area (Å²) in [4.78, 5) is 42.6. The third-order valence-electron chi connectivity index (χ3n) is 6.94. The second-order valence-electron chi connectivity index (χ2n) is 9.89. The maximum atomic E-state index is 13.3. The van der Waals surface area contributed by atoms with Crippen LogP contribution in [0.1, 0.15) is 11.1 Å². The first-order valence-corrected chi connectivity index (χ1v) is 14.1. The van der Waals surface area contributed by atoms with Crippen molar-refractivity contribution in [3.05, 3.63) is 116 Å². The van der Waals surface area contributed by atoms with E-state index in [1.54, 1.807) is 67.8 Å². The summed E-state index contributed by atoms with van der Waals surface area (Å²) >= 11 is 5.97. The molecule has 0 atom stereocenters. The highest BCUT2D eigenvalue weighted by Gasteiger charge is 2.16. The summed E-state index contributed by atoms with van der Waals surface area (Å²) in [7, 11) is 0. The van der Waals surface area contributed by atoms with Gasteiger partial charge in [0.1, 0.15) is 28.2 Å². The van der Waals surface area contributed by atoms with Crippen molar-refractivity contribution in [2.24, 2.45) is 0 Å². The van der Waals surface area contributed by atoms with E-state index < -0.39 is 0 Å². The highest BCUT2D eigenvalue weighted by atomic mass is 35.5. The number of halogens is 2. The normalized spacial score (nSPS) is 11.0. The molecule has 2 N–H and O–H groups in total. The second kappa shape index (κ2) is 13.2. The van der Waals surface area contributed by atoms with Gasteiger partial charge >= 0.3 is 0 Å². The molecule has 0 fully saturated rings. The number of hydrogen-bond acceptors (Lipinski definition) is 8. The fourth-order valence-electron chi connectivity index (χ4n) is 4.90. The van der Waals surface area contributed by atoms with Gasteiger partial charge in [-0.05, 0) is 79.6 Å². The Morgan fingerprint density at radius 2 is 1.20 bits per heavy atom. The molecule has 0 aliphatic rings. The van der Waals surface area contributed by atoms with Gasteiger partial charge in [-0.2, -0.15) is 0 Å². The molecule has 0 unspecified atom stereocenters. The van der Waals surface area contributed by atoms with Crippen LogP contribution in [0.15, 0.2) is 82.6 Å². The Bertz CT molecular complexity index is 1960. The Hall–Kier alpha value is -4.84. The van der Waals surface area contributed by atoms with Crippen LogP contribution in [-0.2, 0) is 13.1 Å². The van der Waals surface area contributed by atoms with Gasteiger partial charge in [0.15, 0.2) is 11.3 Å². The van der Waals surface area contributed by atoms with E-state index in [1.807, 2.05) is 6.92 Å². The summed E-state index contributed by atoms with van der Waals surface area (Å²) < 4.78 is 16.1. The van der Waals surface area contributed by atoms with E-state index >= 15 is 0 Å². The third kappa shape index (κ3) is 6.11. The molecule has 0 aliphatic heterocycles. The van der Waals surface area contributed by atoms with Crippen molar-refractivity contribution in [2.75, 3.05) is 13.2 Å². The van der Waals surface area contributed by atoms with E-state index in [1.165, 1.54) is 21.3 Å². The number of aliphatic hydroxyl groups is 2. The number of fused-ring (bicyclic) bond motifs is 2. The molecule has 44 heavy (non-hydrogen) atoms. The number of pyridine rings is 2. The van der Waals surface area contributed by atoms with E-state index in [0.29, 0.717) is 44.2 Å². The predicted molar refractivity (Wildman–Crippen MR) is 167 cm³/mol. The molecule has 4 aromatic heterocycles. The van der Waals surface area contributed by atoms with Gasteiger partial charge < -0.3 is 10.2 Å². The molecule has 2 aromatic carbocycles. The summed E-state index contributed by atoms with van der Waals surface area (Å²) in [6.45, 7) is 3.58. The van der Waals surface area contributed by atoms with Crippen molar-refractivity contribution in [2.45, 2.75) is 26.9 Å². The summed E-state index contributed by atoms with van der Waals surface area (Å²) in [5, 5.41) is 19.0. The average molecular weight is 615 g/mol. The Labute approximate surface area is 255 Å². The van der Waals surface area contributed by atoms with Crippen molar-refractivity contribution in [3.63, 3.8) is 0 Å². The van der Waals surface area contributed by atoms with E-state index in [4.69, 9.17) is 11.6 Å². The standard InChI is InChI=1S/C16H14ClN3O2.C16H14FN3O2/c2*1-10-9-11(17)4-5-12(10)14-16(22)20(7-8-21)15-13(19-14)3-2-6-18-15/h2*2-6,9,21H,7-8H2,1H3. The van der Waals surface area contributed by atoms with Crippen molar-refractivity contribution >= 4 is 33.9 Å². The maximum Gasteiger partial charge on any atom is 0.278 e. The number of benzene rings is 2. The molecule has 0 amide bonds. The lowest BCUT2D eigenvalue weighted by molar-refractivity contribution is 0.275. The molecule has 4 heterocycles. The molecule has 0 bridgehead atoms. The van der Waals surface area contributed by atoms with Crippen molar-refractivity contribution in [3.8, 4) is 22.5 Å². The smallest absolute Gasteiger partial charge is 0.278 e. The first-order valence-electron chi connectivity index (χ1n) is 13.7. The van der Waals surface area contributed by atoms with Gasteiger partial charge in [-0.15, -0.1) is 0 Å². The van der Waals surface area contributed by atoms with Gasteiger partial charge in [0.25, 0.3) is 11.1 Å². The third-order valence-corrected chi connectivity index (χ3v) is 7.17. The van der Waals surface area contributed by atoms with Crippen LogP contribution in [0.4, 0.5) is 4.39 Å². The number of aliphatic hydroxyl groups excluding tert-OH is 2. The van der Waals surface area contributed by atoms with Crippen molar-refractivity contribution in [1.29, 1.82) is 0 Å². The summed E-state index contributed by atoms with van der Waals surface area (Å²) in [6.07, 6.45) is 3.17. The molecular weight excluding hydrogens is 587 g/mol. The Morgan fingerprint density at radius 1 is 0.727 bits per heavy atom. The topological polar surface area (TPSA) is 136 Å². The van der Waals surface area contributed by atoms with Crippen LogP contribution in [-0.4, -0.2) is 52.5 Å². The molecule has 6 rings (SSSR count). The van der Waals surface area contributed by atoms with Gasteiger partial charge in [0.2, 0.25) is 0 Å². The van der Waals surface area contributed by atoms with Gasteiger partial charge in [-0.3, -0.25) is 18.7 Å². The molecular formula is C32H28ClFN6O4. The largest absolute Gasteiger partial charge is 0.395 e. The molecule has 0 saturated carbocycles. The minimum atomic E-state index is -0.362. The zero-order chi connectivity index (χ0) is 31.4. The summed E-state index contributed by atoms with van der Waals surface area (Å²) in [5.41, 5.74) is 4.79. The van der Waals surface area contributed by atoms with Crippen LogP contribution >= 0.6 is 11.6 Å². The molecule has 224 valence electrons. The number of rotatable bonds is 6. The van der Waals surface area contributed by atoms with E-state index in [2.05, 4.69) is 19.9 Å². The van der Waals surface area contributed by atoms with Gasteiger partial charge in [0, 0.05) is 28.5 Å². The predicted octanol–water partition coefficient (Wildman–Crippen LogP) is 4.31. The van der Waals surface area contributed by atoms with Crippen LogP contribution in [0.5, 0.6) is 0 Å². The van der Waals surface area contributed by atoms with Gasteiger partial charge in [-0.1, -0.05) is 17.7 Å². The highest BCUT2D eigenvalue weighted by molar-refractivity contribution is 6.30. The van der Waals surface area contributed by atoms with Crippen LogP contribution in [0.3, 0.4) is 0 Å². The van der Waals surface area contributed by atoms with Crippen LogP contribution in [0.2, 0.25) is 5.02 Å². The minimum Gasteiger partial charge on any atom is -0.395 e. The SMILES string of the molecule is Cc1cc(Cl)ccc1-c1nc2cccnc2n(CCO)c1=O.Cc1cc(F)ccc1-c1nc2cccnc2n(CCO)c1=O. The molecule has 0 radical (unpaired) electrons. The van der Waals surface area contributed by atoms with Crippen LogP contribution in [0.25, 0.3) is 44.8 Å². The van der Waals surface area contributed by atoms with E-state index in [-0.39, 0.29) is 48.9 Å². The van der Waals surface area contributed by atoms with Crippen LogP contribution in [0, 0.1) is 19.7 Å². The highest BCUT2D eigenvalue weighted by Crippen LogP contribution is 2.24. The lowest BCUT2D eigenvalue weighted by atomic mass is 10.1. The molecule has 0 spiro atoms. The molecule has 0 saturated heterocycles. The number of aromatic nitrogens is 6. The molecule has 0 aliphatic carbocycles. The zero-order valence-electron chi connectivity index (χ0n) is 23.9. The quantitative estimate of drug-likeness (QED) is 0.283. The van der Waals surface area contributed by atoms with Crippen molar-refractivity contribution in [1.82, 2.24) is 29.1 Å². The molecule has 6 aromatic rings. The minimum absolute atomic E-state index is 0.127. The van der Waals surface area contributed by atoms with E-state index in [9.17, 15) is 24.2 Å². The fourth-order valence-corrected chi connectivity index (χ4v) is 5.13. The first kappa shape index (κ1) is 30.6. The zero-order valence-corrected chi connectivity index (χ0v) is 24.7. The molecule has 10 nitrogen and oxygen atoms in total. The second-order valence-corrected chi connectivity index (χ2v) is 10.3. The lowest BCUT2D eigenvalue weighted by Crippen LogP contribution is -2.26. The van der Waals surface area contributed by atoms with Gasteiger partial charge in [0.05, 0.1) is 26.3 Å². The first-order chi connectivity index (χ1) is 21.2.